The van der Waals surface area contributed by atoms with Gasteiger partial charge >= 0.3 is 6.09 Å². The van der Waals surface area contributed by atoms with Crippen LogP contribution in [0.2, 0.25) is 0 Å². The van der Waals surface area contributed by atoms with Gasteiger partial charge in [-0.1, -0.05) is 19.3 Å². The van der Waals surface area contributed by atoms with Crippen molar-refractivity contribution >= 4 is 40.2 Å². The van der Waals surface area contributed by atoms with E-state index in [0.29, 0.717) is 16.1 Å². The molecule has 1 aliphatic carbocycles. The van der Waals surface area contributed by atoms with Crippen LogP contribution in [0.5, 0.6) is 0 Å². The van der Waals surface area contributed by atoms with Crippen LogP contribution in [0, 0.1) is 0 Å². The van der Waals surface area contributed by atoms with Gasteiger partial charge in [-0.25, -0.2) is 4.79 Å². The van der Waals surface area contributed by atoms with E-state index < -0.39 is 17.9 Å². The molecule has 0 spiro atoms. The summed E-state index contributed by atoms with van der Waals surface area (Å²) in [5.41, 5.74) is 1.00. The van der Waals surface area contributed by atoms with Gasteiger partial charge in [-0.15, -0.1) is 11.3 Å². The summed E-state index contributed by atoms with van der Waals surface area (Å²) in [6, 6.07) is 8.06. The highest BCUT2D eigenvalue weighted by Crippen LogP contribution is 2.24. The molecule has 31 heavy (non-hydrogen) atoms. The fourth-order valence-corrected chi connectivity index (χ4v) is 4.16. The van der Waals surface area contributed by atoms with E-state index in [0.717, 1.165) is 37.0 Å². The van der Waals surface area contributed by atoms with Crippen LogP contribution in [0.1, 0.15) is 70.1 Å². The first kappa shape index (κ1) is 22.5. The molecular formula is C22H25N3O5S. The molecule has 0 unspecified atom stereocenters. The summed E-state index contributed by atoms with van der Waals surface area (Å²) in [6.45, 7) is 1.77. The van der Waals surface area contributed by atoms with Gasteiger partial charge in [-0.2, -0.15) is 0 Å². The zero-order valence-electron chi connectivity index (χ0n) is 17.2. The fourth-order valence-electron chi connectivity index (χ4n) is 3.38. The van der Waals surface area contributed by atoms with Gasteiger partial charge in [0.05, 0.1) is 12.2 Å². The van der Waals surface area contributed by atoms with Crippen LogP contribution >= 0.6 is 11.3 Å². The standard InChI is InChI=1S/C22H25N3O5S/c1-2-30-22(29)25-20(28)17-12-13-31-21(17)24-19(27)15-10-8-14(9-11-15)18(26)23-16-6-4-3-5-7-16/h8-13,16H,2-7H2,1H3,(H,23,26)(H,24,27)(H,25,28,29). The number of ether oxygens (including phenoxy) is 1. The summed E-state index contributed by atoms with van der Waals surface area (Å²) in [6.07, 6.45) is 4.63. The van der Waals surface area contributed by atoms with Crippen LogP contribution in [-0.4, -0.2) is 36.5 Å². The molecule has 2 aromatic rings. The number of imide groups is 1. The predicted molar refractivity (Wildman–Crippen MR) is 118 cm³/mol. The molecular weight excluding hydrogens is 418 g/mol. The van der Waals surface area contributed by atoms with Gasteiger partial charge in [0, 0.05) is 17.2 Å². The van der Waals surface area contributed by atoms with E-state index in [9.17, 15) is 19.2 Å². The van der Waals surface area contributed by atoms with Crippen molar-refractivity contribution in [1.82, 2.24) is 10.6 Å². The Labute approximate surface area is 184 Å². The number of thiophene rings is 1. The van der Waals surface area contributed by atoms with Crippen LogP contribution in [-0.2, 0) is 4.74 Å². The summed E-state index contributed by atoms with van der Waals surface area (Å²) in [5, 5.41) is 9.76. The summed E-state index contributed by atoms with van der Waals surface area (Å²) in [5.74, 6) is -1.23. The summed E-state index contributed by atoms with van der Waals surface area (Å²) in [4.78, 5) is 48.7. The largest absolute Gasteiger partial charge is 0.450 e. The third-order valence-electron chi connectivity index (χ3n) is 4.98. The molecule has 3 rings (SSSR count). The van der Waals surface area contributed by atoms with E-state index in [1.165, 1.54) is 12.5 Å². The van der Waals surface area contributed by atoms with Crippen molar-refractivity contribution in [3.63, 3.8) is 0 Å². The zero-order chi connectivity index (χ0) is 22.2. The van der Waals surface area contributed by atoms with Crippen molar-refractivity contribution in [1.29, 1.82) is 0 Å². The predicted octanol–water partition coefficient (Wildman–Crippen LogP) is 3.95. The maximum Gasteiger partial charge on any atom is 0.414 e. The molecule has 1 aromatic heterocycles. The van der Waals surface area contributed by atoms with Gasteiger partial charge < -0.3 is 15.4 Å². The molecule has 0 aliphatic heterocycles. The molecule has 8 nitrogen and oxygen atoms in total. The minimum atomic E-state index is -0.849. The molecule has 3 N–H and O–H groups in total. The monoisotopic (exact) mass is 443 g/mol. The van der Waals surface area contributed by atoms with Gasteiger partial charge in [0.1, 0.15) is 5.00 Å². The Balaban J connectivity index is 1.60. The van der Waals surface area contributed by atoms with Crippen LogP contribution in [0.15, 0.2) is 35.7 Å². The molecule has 1 fully saturated rings. The minimum absolute atomic E-state index is 0.140. The summed E-state index contributed by atoms with van der Waals surface area (Å²) in [7, 11) is 0. The number of hydrogen-bond donors (Lipinski definition) is 3. The van der Waals surface area contributed by atoms with E-state index >= 15 is 0 Å². The molecule has 1 aliphatic rings. The molecule has 1 saturated carbocycles. The van der Waals surface area contributed by atoms with Crippen molar-refractivity contribution < 1.29 is 23.9 Å². The molecule has 9 heteroatoms. The second-order valence-electron chi connectivity index (χ2n) is 7.18. The third kappa shape index (κ3) is 6.14. The minimum Gasteiger partial charge on any atom is -0.450 e. The summed E-state index contributed by atoms with van der Waals surface area (Å²) < 4.78 is 4.69. The number of carbonyl (C=O) groups excluding carboxylic acids is 4. The molecule has 0 atom stereocenters. The Morgan fingerprint density at radius 1 is 0.935 bits per heavy atom. The maximum atomic E-state index is 12.6. The van der Waals surface area contributed by atoms with E-state index in [4.69, 9.17) is 4.74 Å². The lowest BCUT2D eigenvalue weighted by atomic mass is 9.95. The Morgan fingerprint density at radius 2 is 1.58 bits per heavy atom. The van der Waals surface area contributed by atoms with E-state index in [1.54, 1.807) is 36.6 Å². The van der Waals surface area contributed by atoms with Crippen molar-refractivity contribution in [2.75, 3.05) is 11.9 Å². The first-order valence-electron chi connectivity index (χ1n) is 10.3. The number of anilines is 1. The molecule has 164 valence electrons. The molecule has 0 saturated heterocycles. The number of rotatable bonds is 6. The number of carbonyl (C=O) groups is 4. The number of hydrogen-bond acceptors (Lipinski definition) is 6. The van der Waals surface area contributed by atoms with E-state index in [2.05, 4.69) is 16.0 Å². The number of benzene rings is 1. The van der Waals surface area contributed by atoms with Crippen molar-refractivity contribution in [2.45, 2.75) is 45.1 Å². The molecule has 0 bridgehead atoms. The van der Waals surface area contributed by atoms with Gasteiger partial charge in [0.2, 0.25) is 0 Å². The Morgan fingerprint density at radius 3 is 2.23 bits per heavy atom. The SMILES string of the molecule is CCOC(=O)NC(=O)c1ccsc1NC(=O)c1ccc(C(=O)NC2CCCCC2)cc1. The van der Waals surface area contributed by atoms with Crippen LogP contribution in [0.3, 0.4) is 0 Å². The molecule has 1 aromatic carbocycles. The first-order valence-corrected chi connectivity index (χ1v) is 11.1. The quantitative estimate of drug-likeness (QED) is 0.626. The van der Waals surface area contributed by atoms with Gasteiger partial charge in [0.15, 0.2) is 0 Å². The zero-order valence-corrected chi connectivity index (χ0v) is 18.1. The molecule has 4 amide bonds. The van der Waals surface area contributed by atoms with Crippen LogP contribution in [0.25, 0.3) is 0 Å². The lowest BCUT2D eigenvalue weighted by Crippen LogP contribution is -2.36. The lowest BCUT2D eigenvalue weighted by molar-refractivity contribution is 0.0916. The van der Waals surface area contributed by atoms with Crippen LogP contribution in [0.4, 0.5) is 9.80 Å². The number of alkyl carbamates (subject to hydrolysis) is 1. The average molecular weight is 444 g/mol. The van der Waals surface area contributed by atoms with E-state index in [1.807, 2.05) is 0 Å². The second kappa shape index (κ2) is 10.7. The van der Waals surface area contributed by atoms with Crippen molar-refractivity contribution in [3.05, 3.63) is 52.4 Å². The highest BCUT2D eigenvalue weighted by atomic mass is 32.1. The highest BCUT2D eigenvalue weighted by Gasteiger charge is 2.19. The highest BCUT2D eigenvalue weighted by molar-refractivity contribution is 7.14. The normalized spacial score (nSPS) is 13.8. The third-order valence-corrected chi connectivity index (χ3v) is 5.81. The fraction of sp³-hybridized carbons (Fsp3) is 0.364. The lowest BCUT2D eigenvalue weighted by Gasteiger charge is -2.22. The Hall–Kier alpha value is -3.20. The smallest absolute Gasteiger partial charge is 0.414 e. The molecule has 0 radical (unpaired) electrons. The topological polar surface area (TPSA) is 114 Å². The summed E-state index contributed by atoms with van der Waals surface area (Å²) >= 11 is 1.16. The Kier molecular flexibility index (Phi) is 7.77. The van der Waals surface area contributed by atoms with Gasteiger partial charge in [-0.05, 0) is 55.5 Å². The van der Waals surface area contributed by atoms with Crippen molar-refractivity contribution in [2.24, 2.45) is 0 Å². The Bertz CT molecular complexity index is 948. The van der Waals surface area contributed by atoms with Crippen LogP contribution < -0.4 is 16.0 Å². The van der Waals surface area contributed by atoms with Gasteiger partial charge in [0.25, 0.3) is 17.7 Å². The second-order valence-corrected chi connectivity index (χ2v) is 8.09. The van der Waals surface area contributed by atoms with E-state index in [-0.39, 0.29) is 24.1 Å². The maximum absolute atomic E-state index is 12.6. The first-order chi connectivity index (χ1) is 15.0. The molecule has 1 heterocycles. The number of nitrogens with one attached hydrogen (secondary N) is 3. The van der Waals surface area contributed by atoms with Crippen molar-refractivity contribution in [3.8, 4) is 0 Å². The average Bonchev–Trinajstić information content (AvgIpc) is 3.23. The number of amides is 4. The van der Waals surface area contributed by atoms with Gasteiger partial charge in [-0.3, -0.25) is 19.7 Å².